The van der Waals surface area contributed by atoms with E-state index in [2.05, 4.69) is 10.3 Å². The van der Waals surface area contributed by atoms with Gasteiger partial charge in [0.2, 0.25) is 10.0 Å². The largest absolute Gasteiger partial charge is 0.506 e. The number of benzene rings is 1. The monoisotopic (exact) mass is 293 g/mol. The van der Waals surface area contributed by atoms with Gasteiger partial charge in [0.15, 0.2) is 0 Å². The van der Waals surface area contributed by atoms with Crippen LogP contribution < -0.4 is 10.5 Å². The van der Waals surface area contributed by atoms with Gasteiger partial charge in [0.05, 0.1) is 16.8 Å². The van der Waals surface area contributed by atoms with E-state index < -0.39 is 10.0 Å². The number of nitrogens with two attached hydrogens (primary N) is 1. The van der Waals surface area contributed by atoms with Gasteiger partial charge in [-0.05, 0) is 29.8 Å². The Morgan fingerprint density at radius 3 is 2.35 bits per heavy atom. The number of hydrogen-bond donors (Lipinski definition) is 3. The molecule has 0 saturated carbocycles. The molecule has 0 spiro atoms. The molecule has 0 bridgehead atoms. The zero-order valence-electron chi connectivity index (χ0n) is 10.7. The van der Waals surface area contributed by atoms with Crippen LogP contribution in [-0.2, 0) is 23.1 Å². The van der Waals surface area contributed by atoms with Crippen molar-refractivity contribution in [2.75, 3.05) is 0 Å². The average Bonchev–Trinajstić information content (AvgIpc) is 2.41. The van der Waals surface area contributed by atoms with E-state index in [1.165, 1.54) is 18.3 Å². The third-order valence-electron chi connectivity index (χ3n) is 2.70. The van der Waals surface area contributed by atoms with E-state index in [0.717, 1.165) is 11.3 Å². The van der Waals surface area contributed by atoms with Gasteiger partial charge in [0.25, 0.3) is 0 Å². The maximum absolute atomic E-state index is 11.1. The minimum absolute atomic E-state index is 0.0986. The topological polar surface area (TPSA) is 105 Å². The van der Waals surface area contributed by atoms with E-state index in [1.807, 2.05) is 0 Å². The molecule has 7 heteroatoms. The summed E-state index contributed by atoms with van der Waals surface area (Å²) in [6.07, 6.45) is 1.39. The second-order valence-electron chi connectivity index (χ2n) is 4.30. The molecule has 2 aromatic rings. The van der Waals surface area contributed by atoms with Gasteiger partial charge in [-0.2, -0.15) is 0 Å². The van der Waals surface area contributed by atoms with Crippen LogP contribution in [0.4, 0.5) is 0 Å². The third-order valence-corrected chi connectivity index (χ3v) is 3.63. The summed E-state index contributed by atoms with van der Waals surface area (Å²) in [5, 5.41) is 17.3. The minimum Gasteiger partial charge on any atom is -0.506 e. The molecule has 1 heterocycles. The molecular formula is C13H15N3O3S. The first-order valence-electron chi connectivity index (χ1n) is 5.91. The van der Waals surface area contributed by atoms with Crippen molar-refractivity contribution < 1.29 is 13.5 Å². The second kappa shape index (κ2) is 6.00. The van der Waals surface area contributed by atoms with Crippen molar-refractivity contribution in [1.82, 2.24) is 10.3 Å². The third kappa shape index (κ3) is 4.02. The molecule has 2 rings (SSSR count). The molecular weight excluding hydrogens is 278 g/mol. The van der Waals surface area contributed by atoms with Crippen molar-refractivity contribution >= 4 is 10.0 Å². The predicted molar refractivity (Wildman–Crippen MR) is 74.3 cm³/mol. The van der Waals surface area contributed by atoms with Crippen molar-refractivity contribution in [1.29, 1.82) is 0 Å². The number of sulfonamides is 1. The van der Waals surface area contributed by atoms with E-state index in [1.54, 1.807) is 24.3 Å². The highest BCUT2D eigenvalue weighted by molar-refractivity contribution is 7.89. The van der Waals surface area contributed by atoms with Crippen LogP contribution in [0.25, 0.3) is 0 Å². The lowest BCUT2D eigenvalue weighted by molar-refractivity contribution is 0.471. The van der Waals surface area contributed by atoms with Gasteiger partial charge in [0, 0.05) is 13.1 Å². The first-order valence-corrected chi connectivity index (χ1v) is 7.46. The van der Waals surface area contributed by atoms with Gasteiger partial charge in [-0.1, -0.05) is 12.1 Å². The number of aromatic nitrogens is 1. The molecule has 20 heavy (non-hydrogen) atoms. The van der Waals surface area contributed by atoms with Crippen LogP contribution >= 0.6 is 0 Å². The molecule has 1 aromatic heterocycles. The second-order valence-corrected chi connectivity index (χ2v) is 5.86. The Bertz CT molecular complexity index is 667. The summed E-state index contributed by atoms with van der Waals surface area (Å²) in [7, 11) is -3.64. The molecule has 0 aliphatic rings. The van der Waals surface area contributed by atoms with Crippen LogP contribution in [-0.4, -0.2) is 18.5 Å². The van der Waals surface area contributed by atoms with Crippen LogP contribution in [0.15, 0.2) is 47.5 Å². The molecule has 106 valence electrons. The van der Waals surface area contributed by atoms with E-state index in [4.69, 9.17) is 10.2 Å². The molecule has 0 amide bonds. The molecule has 1 aromatic carbocycles. The highest BCUT2D eigenvalue weighted by atomic mass is 32.2. The van der Waals surface area contributed by atoms with Crippen LogP contribution in [0.5, 0.6) is 5.75 Å². The number of aromatic hydroxyl groups is 1. The van der Waals surface area contributed by atoms with Crippen LogP contribution in [0, 0.1) is 0 Å². The van der Waals surface area contributed by atoms with Gasteiger partial charge in [-0.25, -0.2) is 13.6 Å². The Balaban J connectivity index is 1.90. The predicted octanol–water partition coefficient (Wildman–Crippen LogP) is 0.724. The number of nitrogens with one attached hydrogen (secondary N) is 1. The number of pyridine rings is 1. The van der Waals surface area contributed by atoms with E-state index in [0.29, 0.717) is 13.1 Å². The van der Waals surface area contributed by atoms with E-state index >= 15 is 0 Å². The van der Waals surface area contributed by atoms with Gasteiger partial charge in [-0.3, -0.25) is 4.98 Å². The molecule has 0 saturated heterocycles. The molecule has 0 fully saturated rings. The Morgan fingerprint density at radius 2 is 1.80 bits per heavy atom. The molecule has 0 aliphatic heterocycles. The molecule has 0 unspecified atom stereocenters. The molecule has 6 nitrogen and oxygen atoms in total. The maximum atomic E-state index is 11.1. The lowest BCUT2D eigenvalue weighted by Gasteiger charge is -2.05. The zero-order chi connectivity index (χ0) is 14.6. The van der Waals surface area contributed by atoms with E-state index in [9.17, 15) is 8.42 Å². The summed E-state index contributed by atoms with van der Waals surface area (Å²) >= 11 is 0. The van der Waals surface area contributed by atoms with Crippen LogP contribution in [0.2, 0.25) is 0 Å². The normalized spacial score (nSPS) is 11.4. The molecule has 4 N–H and O–H groups in total. The van der Waals surface area contributed by atoms with Gasteiger partial charge in [-0.15, -0.1) is 0 Å². The maximum Gasteiger partial charge on any atom is 0.238 e. The smallest absolute Gasteiger partial charge is 0.238 e. The Labute approximate surface area is 117 Å². The number of primary sulfonamides is 1. The fourth-order valence-electron chi connectivity index (χ4n) is 1.65. The summed E-state index contributed by atoms with van der Waals surface area (Å²) in [5.41, 5.74) is 1.75. The number of hydrogen-bond acceptors (Lipinski definition) is 5. The standard InChI is InChI=1S/C13H15N3O3S/c14-20(18,19)13-5-1-10(2-6-13)7-15-8-11-3-4-12(17)9-16-11/h1-6,9,15,17H,7-8H2,(H2,14,18,19). The number of rotatable bonds is 5. The summed E-state index contributed by atoms with van der Waals surface area (Å²) in [6, 6.07) is 9.67. The van der Waals surface area contributed by atoms with Crippen molar-refractivity contribution in [3.05, 3.63) is 53.9 Å². The Morgan fingerprint density at radius 1 is 1.10 bits per heavy atom. The van der Waals surface area contributed by atoms with Gasteiger partial charge in [0.1, 0.15) is 5.75 Å². The number of nitrogens with zero attached hydrogens (tertiary/aromatic N) is 1. The fourth-order valence-corrected chi connectivity index (χ4v) is 2.17. The first-order chi connectivity index (χ1) is 9.45. The zero-order valence-corrected chi connectivity index (χ0v) is 11.5. The van der Waals surface area contributed by atoms with Crippen molar-refractivity contribution in [2.24, 2.45) is 5.14 Å². The van der Waals surface area contributed by atoms with Gasteiger partial charge >= 0.3 is 0 Å². The van der Waals surface area contributed by atoms with Crippen molar-refractivity contribution in [2.45, 2.75) is 18.0 Å². The first kappa shape index (κ1) is 14.4. The summed E-state index contributed by atoms with van der Waals surface area (Å²) in [6.45, 7) is 1.13. The van der Waals surface area contributed by atoms with E-state index in [-0.39, 0.29) is 10.6 Å². The van der Waals surface area contributed by atoms with Crippen molar-refractivity contribution in [3.8, 4) is 5.75 Å². The van der Waals surface area contributed by atoms with Crippen LogP contribution in [0.3, 0.4) is 0 Å². The highest BCUT2D eigenvalue weighted by Crippen LogP contribution is 2.09. The summed E-state index contributed by atoms with van der Waals surface area (Å²) in [4.78, 5) is 4.15. The molecule has 0 atom stereocenters. The summed E-state index contributed by atoms with van der Waals surface area (Å²) < 4.78 is 22.2. The highest BCUT2D eigenvalue weighted by Gasteiger charge is 2.06. The molecule has 0 radical (unpaired) electrons. The van der Waals surface area contributed by atoms with Crippen molar-refractivity contribution in [3.63, 3.8) is 0 Å². The Hall–Kier alpha value is -1.96. The fraction of sp³-hybridized carbons (Fsp3) is 0.154. The average molecular weight is 293 g/mol. The quantitative estimate of drug-likeness (QED) is 0.753. The lowest BCUT2D eigenvalue weighted by atomic mass is 10.2. The lowest BCUT2D eigenvalue weighted by Crippen LogP contribution is -2.14. The van der Waals surface area contributed by atoms with Gasteiger partial charge < -0.3 is 10.4 Å². The SMILES string of the molecule is NS(=O)(=O)c1ccc(CNCc2ccc(O)cn2)cc1. The minimum atomic E-state index is -3.64. The Kier molecular flexibility index (Phi) is 4.33. The molecule has 0 aliphatic carbocycles. The summed E-state index contributed by atoms with van der Waals surface area (Å²) in [5.74, 6) is 0.132. The van der Waals surface area contributed by atoms with Crippen LogP contribution in [0.1, 0.15) is 11.3 Å².